The zero-order valence-corrected chi connectivity index (χ0v) is 8.64. The van der Waals surface area contributed by atoms with Gasteiger partial charge in [-0.1, -0.05) is 18.2 Å². The van der Waals surface area contributed by atoms with Crippen molar-refractivity contribution in [2.24, 2.45) is 0 Å². The Labute approximate surface area is 88.7 Å². The van der Waals surface area contributed by atoms with Gasteiger partial charge in [0.1, 0.15) is 5.82 Å². The standard InChI is InChI=1S/C11H14N4/c1-13-7-9-8-14-15(11(9)12)10-5-3-2-4-6-10/h2-6,8,13H,7,12H2,1H3. The summed E-state index contributed by atoms with van der Waals surface area (Å²) in [5.74, 6) is 0.690. The Morgan fingerprint density at radius 2 is 2.07 bits per heavy atom. The number of nitrogen functional groups attached to an aromatic ring is 1. The first-order valence-corrected chi connectivity index (χ1v) is 4.85. The second-order valence-corrected chi connectivity index (χ2v) is 3.33. The van der Waals surface area contributed by atoms with Crippen molar-refractivity contribution in [3.05, 3.63) is 42.1 Å². The highest BCUT2D eigenvalue weighted by Gasteiger charge is 2.07. The van der Waals surface area contributed by atoms with Crippen LogP contribution in [-0.2, 0) is 6.54 Å². The number of nitrogens with zero attached hydrogens (tertiary/aromatic N) is 2. The summed E-state index contributed by atoms with van der Waals surface area (Å²) in [7, 11) is 1.89. The minimum atomic E-state index is 0.690. The quantitative estimate of drug-likeness (QED) is 0.785. The van der Waals surface area contributed by atoms with E-state index in [2.05, 4.69) is 10.4 Å². The SMILES string of the molecule is CNCc1cnn(-c2ccccc2)c1N. The summed E-state index contributed by atoms with van der Waals surface area (Å²) in [6.45, 7) is 0.735. The highest BCUT2D eigenvalue weighted by Crippen LogP contribution is 2.16. The number of benzene rings is 1. The van der Waals surface area contributed by atoms with Crippen molar-refractivity contribution in [2.75, 3.05) is 12.8 Å². The van der Waals surface area contributed by atoms with E-state index in [1.807, 2.05) is 37.4 Å². The van der Waals surface area contributed by atoms with Gasteiger partial charge in [0.25, 0.3) is 0 Å². The summed E-state index contributed by atoms with van der Waals surface area (Å²) in [5, 5.41) is 7.31. The minimum Gasteiger partial charge on any atom is -0.383 e. The molecule has 0 amide bonds. The molecule has 78 valence electrons. The van der Waals surface area contributed by atoms with Crippen molar-refractivity contribution < 1.29 is 0 Å². The van der Waals surface area contributed by atoms with Gasteiger partial charge in [0.2, 0.25) is 0 Å². The number of nitrogens with two attached hydrogens (primary N) is 1. The van der Waals surface area contributed by atoms with Crippen LogP contribution in [0.25, 0.3) is 5.69 Å². The van der Waals surface area contributed by atoms with Crippen LogP contribution < -0.4 is 11.1 Å². The number of hydrogen-bond donors (Lipinski definition) is 2. The Balaban J connectivity index is 2.38. The van der Waals surface area contributed by atoms with Gasteiger partial charge in [0, 0.05) is 12.1 Å². The van der Waals surface area contributed by atoms with Gasteiger partial charge in [0.15, 0.2) is 0 Å². The Kier molecular flexibility index (Phi) is 2.69. The third-order valence-electron chi connectivity index (χ3n) is 2.25. The van der Waals surface area contributed by atoms with Crippen molar-refractivity contribution in [2.45, 2.75) is 6.54 Å². The highest BCUT2D eigenvalue weighted by atomic mass is 15.3. The van der Waals surface area contributed by atoms with Gasteiger partial charge in [0.05, 0.1) is 11.9 Å². The number of rotatable bonds is 3. The van der Waals surface area contributed by atoms with E-state index in [0.29, 0.717) is 5.82 Å². The van der Waals surface area contributed by atoms with Crippen LogP contribution in [-0.4, -0.2) is 16.8 Å². The molecule has 2 rings (SSSR count). The molecular formula is C11H14N4. The average Bonchev–Trinajstić information content (AvgIpc) is 2.63. The smallest absolute Gasteiger partial charge is 0.131 e. The molecule has 0 spiro atoms. The fraction of sp³-hybridized carbons (Fsp3) is 0.182. The van der Waals surface area contributed by atoms with Crippen molar-refractivity contribution in [1.29, 1.82) is 0 Å². The van der Waals surface area contributed by atoms with Gasteiger partial charge in [-0.2, -0.15) is 5.10 Å². The fourth-order valence-electron chi connectivity index (χ4n) is 1.49. The largest absolute Gasteiger partial charge is 0.383 e. The molecular weight excluding hydrogens is 188 g/mol. The molecule has 4 nitrogen and oxygen atoms in total. The molecule has 4 heteroatoms. The zero-order chi connectivity index (χ0) is 10.7. The van der Waals surface area contributed by atoms with Crippen LogP contribution in [0.5, 0.6) is 0 Å². The monoisotopic (exact) mass is 202 g/mol. The maximum Gasteiger partial charge on any atom is 0.131 e. The van der Waals surface area contributed by atoms with E-state index in [9.17, 15) is 0 Å². The molecule has 0 bridgehead atoms. The van der Waals surface area contributed by atoms with Gasteiger partial charge in [-0.3, -0.25) is 0 Å². The highest BCUT2D eigenvalue weighted by molar-refractivity contribution is 5.46. The predicted molar refractivity (Wildman–Crippen MR) is 60.7 cm³/mol. The molecule has 0 unspecified atom stereocenters. The van der Waals surface area contributed by atoms with E-state index in [0.717, 1.165) is 17.8 Å². The lowest BCUT2D eigenvalue weighted by molar-refractivity contribution is 0.819. The van der Waals surface area contributed by atoms with Gasteiger partial charge >= 0.3 is 0 Å². The Bertz CT molecular complexity index is 433. The van der Waals surface area contributed by atoms with Crippen LogP contribution in [0.2, 0.25) is 0 Å². The molecule has 0 aliphatic heterocycles. The number of para-hydroxylation sites is 1. The summed E-state index contributed by atoms with van der Waals surface area (Å²) in [5.41, 5.74) is 7.98. The number of hydrogen-bond acceptors (Lipinski definition) is 3. The molecule has 0 saturated carbocycles. The molecule has 0 radical (unpaired) electrons. The van der Waals surface area contributed by atoms with E-state index in [4.69, 9.17) is 5.73 Å². The van der Waals surface area contributed by atoms with Crippen molar-refractivity contribution >= 4 is 5.82 Å². The average molecular weight is 202 g/mol. The molecule has 15 heavy (non-hydrogen) atoms. The topological polar surface area (TPSA) is 55.9 Å². The van der Waals surface area contributed by atoms with Crippen LogP contribution in [0.4, 0.5) is 5.82 Å². The maximum atomic E-state index is 5.98. The van der Waals surface area contributed by atoms with Crippen LogP contribution in [0.1, 0.15) is 5.56 Å². The second kappa shape index (κ2) is 4.14. The van der Waals surface area contributed by atoms with Crippen LogP contribution in [0, 0.1) is 0 Å². The first-order chi connectivity index (χ1) is 7.33. The van der Waals surface area contributed by atoms with Gasteiger partial charge in [-0.15, -0.1) is 0 Å². The van der Waals surface area contributed by atoms with E-state index in [1.54, 1.807) is 10.9 Å². The summed E-state index contributed by atoms with van der Waals surface area (Å²) < 4.78 is 1.74. The van der Waals surface area contributed by atoms with Gasteiger partial charge in [-0.25, -0.2) is 4.68 Å². The van der Waals surface area contributed by atoms with Gasteiger partial charge < -0.3 is 11.1 Å². The lowest BCUT2D eigenvalue weighted by Gasteiger charge is -2.04. The van der Waals surface area contributed by atoms with Crippen molar-refractivity contribution in [3.8, 4) is 5.69 Å². The number of anilines is 1. The first-order valence-electron chi connectivity index (χ1n) is 4.85. The van der Waals surface area contributed by atoms with E-state index >= 15 is 0 Å². The van der Waals surface area contributed by atoms with Crippen LogP contribution in [0.3, 0.4) is 0 Å². The number of aromatic nitrogens is 2. The van der Waals surface area contributed by atoms with E-state index in [-0.39, 0.29) is 0 Å². The second-order valence-electron chi connectivity index (χ2n) is 3.33. The van der Waals surface area contributed by atoms with Crippen LogP contribution in [0.15, 0.2) is 36.5 Å². The Morgan fingerprint density at radius 1 is 1.33 bits per heavy atom. The maximum absolute atomic E-state index is 5.98. The third kappa shape index (κ3) is 1.85. The molecule has 0 aliphatic carbocycles. The molecule has 3 N–H and O–H groups in total. The lowest BCUT2D eigenvalue weighted by Crippen LogP contribution is -2.08. The molecule has 0 atom stereocenters. The van der Waals surface area contributed by atoms with E-state index in [1.165, 1.54) is 0 Å². The fourth-order valence-corrected chi connectivity index (χ4v) is 1.49. The molecule has 2 aromatic rings. The number of nitrogens with one attached hydrogen (secondary N) is 1. The molecule has 0 aliphatic rings. The Hall–Kier alpha value is -1.81. The predicted octanol–water partition coefficient (Wildman–Crippen LogP) is 1.17. The zero-order valence-electron chi connectivity index (χ0n) is 8.64. The molecule has 1 heterocycles. The summed E-state index contributed by atoms with van der Waals surface area (Å²) in [6, 6.07) is 9.86. The van der Waals surface area contributed by atoms with E-state index < -0.39 is 0 Å². The lowest BCUT2D eigenvalue weighted by atomic mass is 10.3. The molecule has 0 fully saturated rings. The third-order valence-corrected chi connectivity index (χ3v) is 2.25. The molecule has 1 aromatic carbocycles. The van der Waals surface area contributed by atoms with Crippen molar-refractivity contribution in [3.63, 3.8) is 0 Å². The first kappa shape index (κ1) is 9.73. The van der Waals surface area contributed by atoms with Crippen molar-refractivity contribution in [1.82, 2.24) is 15.1 Å². The van der Waals surface area contributed by atoms with Gasteiger partial charge in [-0.05, 0) is 19.2 Å². The molecule has 1 aromatic heterocycles. The Morgan fingerprint density at radius 3 is 2.73 bits per heavy atom. The molecule has 0 saturated heterocycles. The minimum absolute atomic E-state index is 0.690. The van der Waals surface area contributed by atoms with Crippen LogP contribution >= 0.6 is 0 Å². The summed E-state index contributed by atoms with van der Waals surface area (Å²) >= 11 is 0. The normalized spacial score (nSPS) is 10.5. The summed E-state index contributed by atoms with van der Waals surface area (Å²) in [4.78, 5) is 0. The summed E-state index contributed by atoms with van der Waals surface area (Å²) in [6.07, 6.45) is 1.79.